The van der Waals surface area contributed by atoms with Crippen LogP contribution in [0.3, 0.4) is 0 Å². The molecule has 108 valence electrons. The molecular weight excluding hydrogens is 260 g/mol. The Hall–Kier alpha value is -1.67. The van der Waals surface area contributed by atoms with E-state index in [0.717, 1.165) is 0 Å². The monoisotopic (exact) mass is 279 g/mol. The molecule has 1 rings (SSSR count). The molecule has 0 aromatic rings. The number of hydrogen-bond donors (Lipinski definition) is 1. The smallest absolute Gasteiger partial charge is 0.303 e. The lowest BCUT2D eigenvalue weighted by Crippen LogP contribution is -2.57. The maximum atomic E-state index is 11.3. The van der Waals surface area contributed by atoms with Crippen molar-refractivity contribution in [2.75, 3.05) is 6.61 Å². The molecule has 1 saturated heterocycles. The van der Waals surface area contributed by atoms with Crippen molar-refractivity contribution >= 4 is 17.9 Å². The molecule has 1 N–H and O–H groups in total. The molecule has 0 aromatic heterocycles. The average Bonchev–Trinajstić information content (AvgIpc) is 2.52. The molecular formula is C11H16O8. The Labute approximate surface area is 113 Å². The molecule has 1 unspecified atom stereocenters. The minimum atomic E-state index is -1.65. The van der Waals surface area contributed by atoms with Crippen molar-refractivity contribution in [2.24, 2.45) is 0 Å². The summed E-state index contributed by atoms with van der Waals surface area (Å²) in [5.74, 6) is -2.92. The van der Waals surface area contributed by atoms with E-state index in [0.29, 0.717) is 0 Å². The van der Waals surface area contributed by atoms with Gasteiger partial charge in [-0.25, -0.2) is 0 Å². The third-order valence-corrected chi connectivity index (χ3v) is 2.22. The first-order valence-corrected chi connectivity index (χ1v) is 5.18. The van der Waals surface area contributed by atoms with Crippen LogP contribution < -0.4 is 0 Å². The maximum Gasteiger partial charge on any atom is 0.303 e. The highest BCUT2D eigenvalue weighted by molar-refractivity contribution is 5.68. The zero-order valence-corrected chi connectivity index (χ0v) is 9.94. The zero-order chi connectivity index (χ0) is 16.7. The molecule has 19 heavy (non-hydrogen) atoms. The van der Waals surface area contributed by atoms with Gasteiger partial charge in [0.1, 0.15) is 0 Å². The Balaban J connectivity index is 2.92. The Kier molecular flexibility index (Phi) is 3.82. The fourth-order valence-electron chi connectivity index (χ4n) is 1.60. The lowest BCUT2D eigenvalue weighted by atomic mass is 10.0. The summed E-state index contributed by atoms with van der Waals surface area (Å²) in [6.07, 6.45) is -5.76. The molecule has 1 aliphatic rings. The van der Waals surface area contributed by atoms with Crippen LogP contribution in [0, 0.1) is 0 Å². The Morgan fingerprint density at radius 3 is 2.16 bits per heavy atom. The highest BCUT2D eigenvalue weighted by Crippen LogP contribution is 2.23. The number of carbonyl (C=O) groups excluding carboxylic acids is 3. The molecule has 0 amide bonds. The van der Waals surface area contributed by atoms with Crippen LogP contribution in [0.25, 0.3) is 0 Å². The SMILES string of the molecule is [2H]CC(=O)O[C@H]1[C@H](OC(=O)C[2H])COC(O)[C@@H]1OC(=O)C[2H]. The van der Waals surface area contributed by atoms with Crippen molar-refractivity contribution in [3.63, 3.8) is 0 Å². The van der Waals surface area contributed by atoms with E-state index in [-0.39, 0.29) is 6.61 Å². The largest absolute Gasteiger partial charge is 0.456 e. The van der Waals surface area contributed by atoms with Gasteiger partial charge in [0, 0.05) is 24.8 Å². The summed E-state index contributed by atoms with van der Waals surface area (Å²) < 4.78 is 40.1. The minimum Gasteiger partial charge on any atom is -0.456 e. The van der Waals surface area contributed by atoms with Gasteiger partial charge in [-0.3, -0.25) is 14.4 Å². The second kappa shape index (κ2) is 6.48. The van der Waals surface area contributed by atoms with Gasteiger partial charge >= 0.3 is 17.9 Å². The van der Waals surface area contributed by atoms with Crippen LogP contribution in [0.5, 0.6) is 0 Å². The van der Waals surface area contributed by atoms with Gasteiger partial charge in [-0.1, -0.05) is 0 Å². The molecule has 1 heterocycles. The van der Waals surface area contributed by atoms with Gasteiger partial charge in [-0.2, -0.15) is 0 Å². The number of aliphatic hydroxyl groups excluding tert-OH is 1. The van der Waals surface area contributed by atoms with Gasteiger partial charge in [0.2, 0.25) is 0 Å². The number of ether oxygens (including phenoxy) is 4. The summed E-state index contributed by atoms with van der Waals surface area (Å²) in [7, 11) is 0. The Bertz CT molecular complexity index is 418. The van der Waals surface area contributed by atoms with Crippen LogP contribution in [0.1, 0.15) is 24.8 Å². The number of esters is 3. The Morgan fingerprint density at radius 2 is 1.58 bits per heavy atom. The van der Waals surface area contributed by atoms with Gasteiger partial charge in [-0.15, -0.1) is 0 Å². The molecule has 0 aromatic carbocycles. The second-order valence-electron chi connectivity index (χ2n) is 3.66. The quantitative estimate of drug-likeness (QED) is 0.524. The zero-order valence-electron chi connectivity index (χ0n) is 12.9. The summed E-state index contributed by atoms with van der Waals surface area (Å²) in [6.45, 7) is -2.50. The minimum absolute atomic E-state index is 0.349. The number of aliphatic hydroxyl groups is 1. The van der Waals surface area contributed by atoms with Crippen molar-refractivity contribution in [1.29, 1.82) is 0 Å². The van der Waals surface area contributed by atoms with Crippen molar-refractivity contribution in [3.05, 3.63) is 0 Å². The third kappa shape index (κ3) is 4.49. The van der Waals surface area contributed by atoms with E-state index in [9.17, 15) is 19.5 Å². The summed E-state index contributed by atoms with van der Waals surface area (Å²) in [4.78, 5) is 33.7. The van der Waals surface area contributed by atoms with Crippen LogP contribution in [0.15, 0.2) is 0 Å². The molecule has 8 heteroatoms. The number of carbonyl (C=O) groups is 3. The van der Waals surface area contributed by atoms with Crippen molar-refractivity contribution < 1.29 is 42.5 Å². The predicted octanol–water partition coefficient (Wildman–Crippen LogP) is -0.870. The number of hydrogen-bond acceptors (Lipinski definition) is 8. The van der Waals surface area contributed by atoms with Crippen LogP contribution >= 0.6 is 0 Å². The van der Waals surface area contributed by atoms with E-state index in [1.54, 1.807) is 0 Å². The molecule has 0 bridgehead atoms. The Morgan fingerprint density at radius 1 is 1.05 bits per heavy atom. The molecule has 4 atom stereocenters. The van der Waals surface area contributed by atoms with Gasteiger partial charge in [0.25, 0.3) is 0 Å². The van der Waals surface area contributed by atoms with E-state index in [2.05, 4.69) is 0 Å². The first-order chi connectivity index (χ1) is 10.4. The summed E-state index contributed by atoms with van der Waals surface area (Å²) in [6, 6.07) is 0. The summed E-state index contributed by atoms with van der Waals surface area (Å²) >= 11 is 0. The standard InChI is InChI=1S/C11H16O8/c1-5(12)17-8-4-16-11(15)10(19-7(3)14)9(8)18-6(2)13/h8-11,15H,4H2,1-3H3/t8-,9+,10-,11?/m1/s1/i1D,2D,3D. The van der Waals surface area contributed by atoms with Gasteiger partial charge in [-0.05, 0) is 0 Å². The van der Waals surface area contributed by atoms with Crippen LogP contribution in [0.4, 0.5) is 0 Å². The normalized spacial score (nSPS) is 32.4. The second-order valence-corrected chi connectivity index (χ2v) is 3.66. The van der Waals surface area contributed by atoms with Crippen LogP contribution in [-0.2, 0) is 33.3 Å². The van der Waals surface area contributed by atoms with Gasteiger partial charge in [0.15, 0.2) is 24.6 Å². The molecule has 8 nitrogen and oxygen atoms in total. The maximum absolute atomic E-state index is 11.3. The predicted molar refractivity (Wildman–Crippen MR) is 58.6 cm³/mol. The van der Waals surface area contributed by atoms with Crippen molar-refractivity contribution in [2.45, 2.75) is 45.3 Å². The molecule has 0 radical (unpaired) electrons. The van der Waals surface area contributed by atoms with Crippen LogP contribution in [0.2, 0.25) is 0 Å². The lowest BCUT2D eigenvalue weighted by Gasteiger charge is -2.38. The highest BCUT2D eigenvalue weighted by atomic mass is 16.7. The molecule has 0 saturated carbocycles. The number of rotatable bonds is 3. The topological polar surface area (TPSA) is 108 Å². The van der Waals surface area contributed by atoms with E-state index < -0.39 is 63.2 Å². The van der Waals surface area contributed by atoms with E-state index in [1.807, 2.05) is 0 Å². The first kappa shape index (κ1) is 11.2. The van der Waals surface area contributed by atoms with E-state index >= 15 is 0 Å². The van der Waals surface area contributed by atoms with E-state index in [1.165, 1.54) is 0 Å². The van der Waals surface area contributed by atoms with Crippen molar-refractivity contribution in [1.82, 2.24) is 0 Å². The van der Waals surface area contributed by atoms with Gasteiger partial charge in [0.05, 0.1) is 6.61 Å². The molecule has 0 aliphatic carbocycles. The highest BCUT2D eigenvalue weighted by Gasteiger charge is 2.46. The fourth-order valence-corrected chi connectivity index (χ4v) is 1.60. The van der Waals surface area contributed by atoms with Gasteiger partial charge < -0.3 is 24.1 Å². The molecule has 0 spiro atoms. The summed E-state index contributed by atoms with van der Waals surface area (Å²) in [5, 5.41) is 9.70. The fraction of sp³-hybridized carbons (Fsp3) is 0.727. The van der Waals surface area contributed by atoms with E-state index in [4.69, 9.17) is 23.1 Å². The molecule has 1 aliphatic heterocycles. The lowest BCUT2D eigenvalue weighted by molar-refractivity contribution is -0.267. The average molecular weight is 279 g/mol. The first-order valence-electron chi connectivity index (χ1n) is 7.30. The summed E-state index contributed by atoms with van der Waals surface area (Å²) in [5.41, 5.74) is 0. The van der Waals surface area contributed by atoms with Crippen molar-refractivity contribution in [3.8, 4) is 0 Å². The molecule has 1 fully saturated rings. The third-order valence-electron chi connectivity index (χ3n) is 2.22. The van der Waals surface area contributed by atoms with Crippen LogP contribution in [-0.4, -0.2) is 54.2 Å².